The van der Waals surface area contributed by atoms with Crippen molar-refractivity contribution < 1.29 is 9.72 Å². The largest absolute Gasteiger partial charge is 0.377 e. The van der Waals surface area contributed by atoms with Gasteiger partial charge in [-0.2, -0.15) is 0 Å². The number of nitro benzene ring substituents is 1. The van der Waals surface area contributed by atoms with Gasteiger partial charge in [-0.05, 0) is 24.5 Å². The quantitative estimate of drug-likeness (QED) is 0.637. The average Bonchev–Trinajstić information content (AvgIpc) is 2.60. The highest BCUT2D eigenvalue weighted by Crippen LogP contribution is 2.43. The first kappa shape index (κ1) is 17.9. The third-order valence-electron chi connectivity index (χ3n) is 5.20. The summed E-state index contributed by atoms with van der Waals surface area (Å²) in [5.74, 6) is -0.278. The van der Waals surface area contributed by atoms with Gasteiger partial charge in [-0.15, -0.1) is 0 Å². The Hall–Kier alpha value is -2.89. The molecular weight excluding hydrogens is 330 g/mol. The lowest BCUT2D eigenvalue weighted by molar-refractivity contribution is -0.384. The van der Waals surface area contributed by atoms with Gasteiger partial charge in [0.25, 0.3) is 11.6 Å². The summed E-state index contributed by atoms with van der Waals surface area (Å²) < 4.78 is 0. The number of nitro groups is 1. The monoisotopic (exact) mass is 353 g/mol. The maximum Gasteiger partial charge on any atom is 0.270 e. The molecule has 0 aliphatic heterocycles. The van der Waals surface area contributed by atoms with Crippen LogP contribution in [0.3, 0.4) is 0 Å². The van der Waals surface area contributed by atoms with Crippen molar-refractivity contribution >= 4 is 17.3 Å². The number of benzene rings is 2. The lowest BCUT2D eigenvalue weighted by atomic mass is 9.64. The minimum absolute atomic E-state index is 0.0318. The SMILES string of the molecule is CN(C)c1ccc([N+](=O)[O-])cc1C(=O)NCC1(c2ccccc2)CCC1. The summed E-state index contributed by atoms with van der Waals surface area (Å²) in [5, 5.41) is 14.1. The molecule has 0 radical (unpaired) electrons. The fraction of sp³-hybridized carbons (Fsp3) is 0.350. The van der Waals surface area contributed by atoms with Crippen molar-refractivity contribution in [3.63, 3.8) is 0 Å². The predicted octanol–water partition coefficient (Wildman–Crippen LogP) is 3.51. The zero-order valence-electron chi connectivity index (χ0n) is 15.1. The molecule has 3 rings (SSSR count). The van der Waals surface area contributed by atoms with Crippen LogP contribution in [0, 0.1) is 10.1 Å². The van der Waals surface area contributed by atoms with Crippen molar-refractivity contribution in [1.29, 1.82) is 0 Å². The Kier molecular flexibility index (Phi) is 4.93. The Balaban J connectivity index is 1.82. The Morgan fingerprint density at radius 1 is 1.19 bits per heavy atom. The number of carbonyl (C=O) groups is 1. The molecule has 2 aromatic rings. The van der Waals surface area contributed by atoms with Gasteiger partial charge in [0.05, 0.1) is 10.5 Å². The Labute approximate surface area is 153 Å². The van der Waals surface area contributed by atoms with Gasteiger partial charge in [0.15, 0.2) is 0 Å². The molecule has 0 heterocycles. The molecule has 26 heavy (non-hydrogen) atoms. The summed E-state index contributed by atoms with van der Waals surface area (Å²) in [7, 11) is 3.63. The molecule has 0 unspecified atom stereocenters. The predicted molar refractivity (Wildman–Crippen MR) is 102 cm³/mol. The number of carbonyl (C=O) groups excluding carboxylic acids is 1. The van der Waals surface area contributed by atoms with Crippen LogP contribution in [0.5, 0.6) is 0 Å². The molecule has 1 amide bonds. The van der Waals surface area contributed by atoms with Crippen molar-refractivity contribution in [2.45, 2.75) is 24.7 Å². The van der Waals surface area contributed by atoms with E-state index in [1.807, 2.05) is 32.3 Å². The minimum Gasteiger partial charge on any atom is -0.377 e. The van der Waals surface area contributed by atoms with Crippen LogP contribution in [0.25, 0.3) is 0 Å². The number of nitrogens with zero attached hydrogens (tertiary/aromatic N) is 2. The summed E-state index contributed by atoms with van der Waals surface area (Å²) in [5.41, 5.74) is 2.11. The van der Waals surface area contributed by atoms with Gasteiger partial charge in [0, 0.05) is 43.9 Å². The van der Waals surface area contributed by atoms with Crippen molar-refractivity contribution in [2.75, 3.05) is 25.5 Å². The van der Waals surface area contributed by atoms with Crippen LogP contribution >= 0.6 is 0 Å². The first-order chi connectivity index (χ1) is 12.4. The number of non-ortho nitro benzene ring substituents is 1. The van der Waals surface area contributed by atoms with Gasteiger partial charge >= 0.3 is 0 Å². The van der Waals surface area contributed by atoms with E-state index in [0.29, 0.717) is 17.8 Å². The van der Waals surface area contributed by atoms with E-state index in [1.165, 1.54) is 17.7 Å². The highest BCUT2D eigenvalue weighted by Gasteiger charge is 2.38. The second-order valence-electron chi connectivity index (χ2n) is 7.04. The second kappa shape index (κ2) is 7.15. The first-order valence-corrected chi connectivity index (χ1v) is 8.72. The van der Waals surface area contributed by atoms with Crippen LogP contribution < -0.4 is 10.2 Å². The Morgan fingerprint density at radius 3 is 2.42 bits per heavy atom. The van der Waals surface area contributed by atoms with Crippen LogP contribution in [-0.4, -0.2) is 31.5 Å². The third-order valence-corrected chi connectivity index (χ3v) is 5.20. The van der Waals surface area contributed by atoms with E-state index in [2.05, 4.69) is 17.4 Å². The van der Waals surface area contributed by atoms with Crippen LogP contribution in [0.2, 0.25) is 0 Å². The summed E-state index contributed by atoms with van der Waals surface area (Å²) in [6.07, 6.45) is 3.21. The van der Waals surface area contributed by atoms with E-state index in [9.17, 15) is 14.9 Å². The van der Waals surface area contributed by atoms with Crippen molar-refractivity contribution in [2.24, 2.45) is 0 Å². The van der Waals surface area contributed by atoms with Gasteiger partial charge in [-0.25, -0.2) is 0 Å². The van der Waals surface area contributed by atoms with Crippen molar-refractivity contribution in [1.82, 2.24) is 5.32 Å². The molecular formula is C20H23N3O3. The van der Waals surface area contributed by atoms with E-state index >= 15 is 0 Å². The highest BCUT2D eigenvalue weighted by molar-refractivity contribution is 6.00. The second-order valence-corrected chi connectivity index (χ2v) is 7.04. The lowest BCUT2D eigenvalue weighted by Crippen LogP contribution is -2.45. The number of nitrogens with one attached hydrogen (secondary N) is 1. The van der Waals surface area contributed by atoms with Gasteiger partial charge in [0.1, 0.15) is 0 Å². The normalized spacial score (nSPS) is 15.0. The number of amides is 1. The molecule has 136 valence electrons. The van der Waals surface area contributed by atoms with Crippen molar-refractivity contribution in [3.05, 3.63) is 69.8 Å². The maximum atomic E-state index is 12.8. The number of hydrogen-bond acceptors (Lipinski definition) is 4. The molecule has 0 aromatic heterocycles. The molecule has 1 aliphatic carbocycles. The Morgan fingerprint density at radius 2 is 1.88 bits per heavy atom. The number of anilines is 1. The summed E-state index contributed by atoms with van der Waals surface area (Å²) in [4.78, 5) is 25.2. The van der Waals surface area contributed by atoms with Gasteiger partial charge in [-0.3, -0.25) is 14.9 Å². The maximum absolute atomic E-state index is 12.8. The number of hydrogen-bond donors (Lipinski definition) is 1. The zero-order chi connectivity index (χ0) is 18.7. The molecule has 1 fully saturated rings. The molecule has 0 spiro atoms. The van der Waals surface area contributed by atoms with E-state index < -0.39 is 4.92 Å². The summed E-state index contributed by atoms with van der Waals surface area (Å²) >= 11 is 0. The summed E-state index contributed by atoms with van der Waals surface area (Å²) in [6, 6.07) is 14.6. The van der Waals surface area contributed by atoms with Crippen LogP contribution in [0.4, 0.5) is 11.4 Å². The van der Waals surface area contributed by atoms with Crippen LogP contribution in [0.1, 0.15) is 35.2 Å². The molecule has 0 saturated heterocycles. The van der Waals surface area contributed by atoms with E-state index in [-0.39, 0.29) is 17.0 Å². The van der Waals surface area contributed by atoms with Crippen LogP contribution in [0.15, 0.2) is 48.5 Å². The Bertz CT molecular complexity index is 814. The smallest absolute Gasteiger partial charge is 0.270 e. The van der Waals surface area contributed by atoms with Gasteiger partial charge < -0.3 is 10.2 Å². The van der Waals surface area contributed by atoms with Crippen LogP contribution in [-0.2, 0) is 5.41 Å². The zero-order valence-corrected chi connectivity index (χ0v) is 15.1. The topological polar surface area (TPSA) is 75.5 Å². The summed E-state index contributed by atoms with van der Waals surface area (Å²) in [6.45, 7) is 0.533. The van der Waals surface area contributed by atoms with E-state index in [0.717, 1.165) is 19.3 Å². The molecule has 1 saturated carbocycles. The number of rotatable bonds is 6. The fourth-order valence-corrected chi connectivity index (χ4v) is 3.52. The standard InChI is InChI=1S/C20H23N3O3/c1-22(2)18-10-9-16(23(25)26)13-17(18)19(24)21-14-20(11-6-12-20)15-7-4-3-5-8-15/h3-5,7-10,13H,6,11-12,14H2,1-2H3,(H,21,24). The molecule has 6 heteroatoms. The fourth-order valence-electron chi connectivity index (χ4n) is 3.52. The van der Waals surface area contributed by atoms with Gasteiger partial charge in [-0.1, -0.05) is 36.8 Å². The molecule has 2 aromatic carbocycles. The molecule has 0 atom stereocenters. The molecule has 1 aliphatic rings. The minimum atomic E-state index is -0.479. The van der Waals surface area contributed by atoms with E-state index in [1.54, 1.807) is 11.0 Å². The van der Waals surface area contributed by atoms with Crippen molar-refractivity contribution in [3.8, 4) is 0 Å². The average molecular weight is 353 g/mol. The molecule has 1 N–H and O–H groups in total. The third kappa shape index (κ3) is 3.40. The van der Waals surface area contributed by atoms with E-state index in [4.69, 9.17) is 0 Å². The first-order valence-electron chi connectivity index (χ1n) is 8.72. The molecule has 6 nitrogen and oxygen atoms in total. The molecule has 0 bridgehead atoms. The van der Waals surface area contributed by atoms with Gasteiger partial charge in [0.2, 0.25) is 0 Å². The lowest BCUT2D eigenvalue weighted by Gasteiger charge is -2.42. The highest BCUT2D eigenvalue weighted by atomic mass is 16.6.